The largest absolute Gasteiger partial charge is 0.508 e. The summed E-state index contributed by atoms with van der Waals surface area (Å²) in [6.45, 7) is 0. The minimum atomic E-state index is -0.0804. The van der Waals surface area contributed by atoms with E-state index in [4.69, 9.17) is 5.73 Å². The summed E-state index contributed by atoms with van der Waals surface area (Å²) >= 11 is 1.67. The number of hydrogen-bond donors (Lipinski definition) is 2. The summed E-state index contributed by atoms with van der Waals surface area (Å²) in [6.07, 6.45) is 0. The van der Waals surface area contributed by atoms with E-state index in [1.165, 1.54) is 0 Å². The molecule has 0 aliphatic rings. The number of thiophene rings is 1. The molecule has 90 valence electrons. The number of aromatic hydroxyl groups is 1. The van der Waals surface area contributed by atoms with E-state index < -0.39 is 0 Å². The third-order valence-corrected chi connectivity index (χ3v) is 4.01. The molecule has 0 bridgehead atoms. The van der Waals surface area contributed by atoms with Crippen molar-refractivity contribution in [3.8, 4) is 5.75 Å². The molecule has 1 atom stereocenters. The van der Waals surface area contributed by atoms with Gasteiger partial charge in [-0.1, -0.05) is 24.3 Å². The summed E-state index contributed by atoms with van der Waals surface area (Å²) in [6, 6.07) is 15.5. The van der Waals surface area contributed by atoms with E-state index in [2.05, 4.69) is 12.1 Å². The van der Waals surface area contributed by atoms with Crippen LogP contribution in [0, 0.1) is 0 Å². The predicted molar refractivity (Wildman–Crippen MR) is 76.0 cm³/mol. The molecule has 3 rings (SSSR count). The Kier molecular flexibility index (Phi) is 2.78. The summed E-state index contributed by atoms with van der Waals surface area (Å²) in [5.74, 6) is 0.290. The molecule has 0 radical (unpaired) electrons. The molecule has 0 unspecified atom stereocenters. The standard InChI is InChI=1S/C15H13NOS/c16-15(14-2-1-7-18-14)12-4-3-11-9-13(17)6-5-10(11)8-12/h1-9,15,17H,16H2/t15-/m0/s1. The molecule has 0 aliphatic heterocycles. The molecule has 18 heavy (non-hydrogen) atoms. The van der Waals surface area contributed by atoms with Gasteiger partial charge in [0.1, 0.15) is 5.75 Å². The van der Waals surface area contributed by atoms with Gasteiger partial charge in [0.05, 0.1) is 6.04 Å². The highest BCUT2D eigenvalue weighted by molar-refractivity contribution is 7.10. The third kappa shape index (κ3) is 1.98. The number of phenolic OH excluding ortho intramolecular Hbond substituents is 1. The van der Waals surface area contributed by atoms with Crippen LogP contribution in [0.1, 0.15) is 16.5 Å². The maximum Gasteiger partial charge on any atom is 0.116 e. The van der Waals surface area contributed by atoms with E-state index in [1.54, 1.807) is 23.5 Å². The molecule has 0 fully saturated rings. The van der Waals surface area contributed by atoms with E-state index in [9.17, 15) is 5.11 Å². The van der Waals surface area contributed by atoms with Gasteiger partial charge in [-0.15, -0.1) is 11.3 Å². The summed E-state index contributed by atoms with van der Waals surface area (Å²) in [5, 5.41) is 13.6. The fourth-order valence-electron chi connectivity index (χ4n) is 2.08. The Hall–Kier alpha value is -1.84. The monoisotopic (exact) mass is 255 g/mol. The van der Waals surface area contributed by atoms with Crippen LogP contribution < -0.4 is 5.73 Å². The molecular formula is C15H13NOS. The number of nitrogens with two attached hydrogens (primary N) is 1. The predicted octanol–water partition coefficient (Wildman–Crippen LogP) is 3.66. The zero-order chi connectivity index (χ0) is 12.5. The minimum Gasteiger partial charge on any atom is -0.508 e. The normalized spacial score (nSPS) is 12.7. The second-order valence-electron chi connectivity index (χ2n) is 4.28. The van der Waals surface area contributed by atoms with Crippen molar-refractivity contribution < 1.29 is 5.11 Å². The van der Waals surface area contributed by atoms with Crippen molar-refractivity contribution in [3.63, 3.8) is 0 Å². The molecule has 3 N–H and O–H groups in total. The van der Waals surface area contributed by atoms with Crippen molar-refractivity contribution in [1.29, 1.82) is 0 Å². The summed E-state index contributed by atoms with van der Waals surface area (Å²) in [7, 11) is 0. The first kappa shape index (κ1) is 11.3. The second-order valence-corrected chi connectivity index (χ2v) is 5.26. The molecule has 3 heteroatoms. The van der Waals surface area contributed by atoms with E-state index in [-0.39, 0.29) is 11.8 Å². The average Bonchev–Trinajstić information content (AvgIpc) is 2.91. The first-order valence-electron chi connectivity index (χ1n) is 5.76. The highest BCUT2D eigenvalue weighted by Crippen LogP contribution is 2.27. The Morgan fingerprint density at radius 2 is 1.78 bits per heavy atom. The maximum absolute atomic E-state index is 9.44. The van der Waals surface area contributed by atoms with Crippen molar-refractivity contribution in [1.82, 2.24) is 0 Å². The highest BCUT2D eigenvalue weighted by atomic mass is 32.1. The van der Waals surface area contributed by atoms with E-state index in [1.807, 2.05) is 29.6 Å². The zero-order valence-electron chi connectivity index (χ0n) is 9.71. The van der Waals surface area contributed by atoms with Gasteiger partial charge in [-0.05, 0) is 46.0 Å². The van der Waals surface area contributed by atoms with Crippen molar-refractivity contribution in [2.24, 2.45) is 5.73 Å². The number of benzene rings is 2. The van der Waals surface area contributed by atoms with Gasteiger partial charge < -0.3 is 10.8 Å². The first-order chi connectivity index (χ1) is 8.74. The molecule has 0 amide bonds. The van der Waals surface area contributed by atoms with Crippen LogP contribution in [-0.2, 0) is 0 Å². The van der Waals surface area contributed by atoms with Gasteiger partial charge >= 0.3 is 0 Å². The summed E-state index contributed by atoms with van der Waals surface area (Å²) in [5.41, 5.74) is 7.34. The molecule has 1 heterocycles. The molecular weight excluding hydrogens is 242 g/mol. The van der Waals surface area contributed by atoms with Crippen molar-refractivity contribution >= 4 is 22.1 Å². The van der Waals surface area contributed by atoms with Crippen molar-refractivity contribution in [3.05, 3.63) is 64.4 Å². The zero-order valence-corrected chi connectivity index (χ0v) is 10.5. The summed E-state index contributed by atoms with van der Waals surface area (Å²) < 4.78 is 0. The van der Waals surface area contributed by atoms with Gasteiger partial charge in [-0.3, -0.25) is 0 Å². The molecule has 1 aromatic heterocycles. The number of phenols is 1. The van der Waals surface area contributed by atoms with Gasteiger partial charge in [-0.2, -0.15) is 0 Å². The maximum atomic E-state index is 9.44. The first-order valence-corrected chi connectivity index (χ1v) is 6.64. The molecule has 3 aromatic rings. The molecule has 0 spiro atoms. The lowest BCUT2D eigenvalue weighted by atomic mass is 10.0. The molecule has 0 aliphatic carbocycles. The lowest BCUT2D eigenvalue weighted by Gasteiger charge is -2.11. The van der Waals surface area contributed by atoms with Crippen molar-refractivity contribution in [2.75, 3.05) is 0 Å². The highest BCUT2D eigenvalue weighted by Gasteiger charge is 2.10. The average molecular weight is 255 g/mol. The van der Waals surface area contributed by atoms with Crippen LogP contribution in [0.25, 0.3) is 10.8 Å². The number of hydrogen-bond acceptors (Lipinski definition) is 3. The van der Waals surface area contributed by atoms with Crippen LogP contribution in [0.3, 0.4) is 0 Å². The van der Waals surface area contributed by atoms with Crippen molar-refractivity contribution in [2.45, 2.75) is 6.04 Å². The second kappa shape index (κ2) is 4.44. The fraction of sp³-hybridized carbons (Fsp3) is 0.0667. The molecule has 2 aromatic carbocycles. The topological polar surface area (TPSA) is 46.2 Å². The lowest BCUT2D eigenvalue weighted by Crippen LogP contribution is -2.09. The van der Waals surface area contributed by atoms with E-state index >= 15 is 0 Å². The van der Waals surface area contributed by atoms with Crippen LogP contribution in [0.5, 0.6) is 5.75 Å². The molecule has 0 saturated heterocycles. The van der Waals surface area contributed by atoms with Gasteiger partial charge in [0.2, 0.25) is 0 Å². The smallest absolute Gasteiger partial charge is 0.116 e. The fourth-order valence-corrected chi connectivity index (χ4v) is 2.83. The molecule has 2 nitrogen and oxygen atoms in total. The third-order valence-electron chi connectivity index (χ3n) is 3.06. The SMILES string of the molecule is N[C@@H](c1ccc2cc(O)ccc2c1)c1cccs1. The Bertz CT molecular complexity index is 676. The lowest BCUT2D eigenvalue weighted by molar-refractivity contribution is 0.476. The van der Waals surface area contributed by atoms with Gasteiger partial charge in [-0.25, -0.2) is 0 Å². The van der Waals surface area contributed by atoms with Crippen LogP contribution >= 0.6 is 11.3 Å². The Morgan fingerprint density at radius 1 is 1.00 bits per heavy atom. The number of rotatable bonds is 2. The van der Waals surface area contributed by atoms with Gasteiger partial charge in [0, 0.05) is 4.88 Å². The van der Waals surface area contributed by atoms with Crippen LogP contribution in [-0.4, -0.2) is 5.11 Å². The Morgan fingerprint density at radius 3 is 2.56 bits per heavy atom. The quantitative estimate of drug-likeness (QED) is 0.734. The van der Waals surface area contributed by atoms with E-state index in [0.717, 1.165) is 21.2 Å². The minimum absolute atomic E-state index is 0.0804. The molecule has 0 saturated carbocycles. The van der Waals surface area contributed by atoms with Crippen LogP contribution in [0.2, 0.25) is 0 Å². The Labute approximate surface area is 109 Å². The van der Waals surface area contributed by atoms with Crippen LogP contribution in [0.15, 0.2) is 53.9 Å². The summed E-state index contributed by atoms with van der Waals surface area (Å²) in [4.78, 5) is 1.16. The van der Waals surface area contributed by atoms with Gasteiger partial charge in [0.15, 0.2) is 0 Å². The van der Waals surface area contributed by atoms with Gasteiger partial charge in [0.25, 0.3) is 0 Å². The Balaban J connectivity index is 2.06. The number of fused-ring (bicyclic) bond motifs is 1. The van der Waals surface area contributed by atoms with Crippen LogP contribution in [0.4, 0.5) is 0 Å². The van der Waals surface area contributed by atoms with E-state index in [0.29, 0.717) is 0 Å².